The molecule has 3 rings (SSSR count). The molecule has 3 aromatic heterocycles. The normalized spacial score (nSPS) is 11.9. The molecule has 11 heteroatoms. The fraction of sp³-hybridized carbons (Fsp3) is 0.333. The largest absolute Gasteiger partial charge is 0.371 e. The molecule has 0 fully saturated rings. The number of imidazole rings is 1. The second-order valence-electron chi connectivity index (χ2n) is 5.05. The Balaban J connectivity index is 2.02. The second kappa shape index (κ2) is 6.74. The number of nitrogens with zero attached hydrogens (tertiary/aromatic N) is 6. The average Bonchev–Trinajstić information content (AvgIpc) is 3.10. The fourth-order valence-corrected chi connectivity index (χ4v) is 3.61. The van der Waals surface area contributed by atoms with Crippen molar-refractivity contribution in [3.63, 3.8) is 0 Å². The summed E-state index contributed by atoms with van der Waals surface area (Å²) in [5.74, 6) is 1.11. The Morgan fingerprint density at radius 2 is 2.13 bits per heavy atom. The summed E-state index contributed by atoms with van der Waals surface area (Å²) in [6.07, 6.45) is 4.11. The van der Waals surface area contributed by atoms with Gasteiger partial charge in [-0.3, -0.25) is 9.02 Å². The zero-order chi connectivity index (χ0) is 16.6. The van der Waals surface area contributed by atoms with Gasteiger partial charge in [0.25, 0.3) is 0 Å². The van der Waals surface area contributed by atoms with Crippen molar-refractivity contribution in [2.75, 3.05) is 17.7 Å². The number of nitrogens with one attached hydrogen (secondary N) is 2. The third-order valence-corrected chi connectivity index (χ3v) is 5.53. The first kappa shape index (κ1) is 16.7. The number of aromatic nitrogens is 6. The summed E-state index contributed by atoms with van der Waals surface area (Å²) in [6.45, 7) is 4.07. The number of anilines is 3. The molecule has 0 saturated heterocycles. The second-order valence-corrected chi connectivity index (χ2v) is 7.51. The van der Waals surface area contributed by atoms with E-state index in [9.17, 15) is 0 Å². The van der Waals surface area contributed by atoms with Crippen LogP contribution in [-0.4, -0.2) is 36.1 Å². The lowest BCUT2D eigenvalue weighted by molar-refractivity contribution is 0.533. The molecule has 0 spiro atoms. The van der Waals surface area contributed by atoms with Gasteiger partial charge in [-0.05, 0) is 35.9 Å². The van der Waals surface area contributed by atoms with Crippen LogP contribution in [0.3, 0.4) is 0 Å². The summed E-state index contributed by atoms with van der Waals surface area (Å²) >= 11 is 8.47. The molecule has 8 nitrogen and oxygen atoms in total. The summed E-state index contributed by atoms with van der Waals surface area (Å²) in [5, 5.41) is 10.8. The van der Waals surface area contributed by atoms with Crippen LogP contribution in [-0.2, 0) is 0 Å². The Labute approximate surface area is 152 Å². The van der Waals surface area contributed by atoms with Gasteiger partial charge < -0.3 is 10.6 Å². The average molecular weight is 465 g/mol. The van der Waals surface area contributed by atoms with Crippen LogP contribution in [0.5, 0.6) is 0 Å². The van der Waals surface area contributed by atoms with E-state index in [2.05, 4.69) is 52.7 Å². The first-order valence-corrected chi connectivity index (χ1v) is 11.3. The Morgan fingerprint density at radius 3 is 2.74 bits per heavy atom. The van der Waals surface area contributed by atoms with E-state index in [1.807, 2.05) is 24.4 Å². The lowest BCUT2D eigenvalue weighted by atomic mass is 10.4. The lowest BCUT2D eigenvalue weighted by Gasteiger charge is -2.07. The molecule has 0 bridgehead atoms. The molecule has 0 aliphatic carbocycles. The third kappa shape index (κ3) is 3.22. The van der Waals surface area contributed by atoms with Gasteiger partial charge in [-0.1, -0.05) is 11.6 Å². The van der Waals surface area contributed by atoms with Crippen LogP contribution < -0.4 is 10.6 Å². The van der Waals surface area contributed by atoms with Crippen LogP contribution in [0.25, 0.3) is 11.2 Å². The summed E-state index contributed by atoms with van der Waals surface area (Å²) in [4.78, 5) is 13.4. The minimum atomic E-state index is 0.223. The number of halogens is 2. The van der Waals surface area contributed by atoms with E-state index in [1.165, 1.54) is 0 Å². The molecule has 3 heterocycles. The van der Waals surface area contributed by atoms with E-state index in [-0.39, 0.29) is 6.04 Å². The van der Waals surface area contributed by atoms with Crippen molar-refractivity contribution < 1.29 is 0 Å². The van der Waals surface area contributed by atoms with Gasteiger partial charge in [-0.2, -0.15) is 15.1 Å². The van der Waals surface area contributed by atoms with E-state index in [0.717, 1.165) is 11.2 Å². The Bertz CT molecular complexity index is 845. The Hall–Kier alpha value is -1.19. The van der Waals surface area contributed by atoms with Crippen LogP contribution in [0.15, 0.2) is 12.5 Å². The number of hydrogen-bond donors (Lipinski definition) is 2. The van der Waals surface area contributed by atoms with Crippen molar-refractivity contribution in [3.8, 4) is 0 Å². The Morgan fingerprint density at radius 1 is 1.35 bits per heavy atom. The molecule has 122 valence electrons. The standard InChI is InChI=1S/C12H15ClIN8P/c1-6(2)21-4-7(9(13)20-21)17-12-18-10(15-3)8-11(19-12)22(23-14)5-16-8/h4-6,23H,1-3H3,(H2,15,17,18,19). The smallest absolute Gasteiger partial charge is 0.231 e. The lowest BCUT2D eigenvalue weighted by Crippen LogP contribution is -2.03. The van der Waals surface area contributed by atoms with Crippen molar-refractivity contribution in [3.05, 3.63) is 17.7 Å². The molecule has 0 amide bonds. The maximum absolute atomic E-state index is 6.19. The predicted molar refractivity (Wildman–Crippen MR) is 104 cm³/mol. The highest BCUT2D eigenvalue weighted by atomic mass is 127. The number of rotatable bonds is 5. The zero-order valence-electron chi connectivity index (χ0n) is 12.7. The zero-order valence-corrected chi connectivity index (χ0v) is 16.6. The molecule has 3 aromatic rings. The van der Waals surface area contributed by atoms with Crippen molar-refractivity contribution in [2.45, 2.75) is 19.9 Å². The summed E-state index contributed by atoms with van der Waals surface area (Å²) in [6, 6.07) is 0.223. The number of fused-ring (bicyclic) bond motifs is 1. The van der Waals surface area contributed by atoms with Crippen molar-refractivity contribution in [1.82, 2.24) is 29.1 Å². The summed E-state index contributed by atoms with van der Waals surface area (Å²) < 4.78 is 3.77. The quantitative estimate of drug-likeness (QED) is 0.441. The minimum Gasteiger partial charge on any atom is -0.371 e. The SMILES string of the molecule is CNc1nc(Nc2cn(C(C)C)nc2Cl)nc2c1ncn2PI. The molecule has 0 aliphatic rings. The molecular formula is C12H15ClIN8P. The van der Waals surface area contributed by atoms with Crippen LogP contribution in [0.2, 0.25) is 5.15 Å². The highest BCUT2D eigenvalue weighted by Gasteiger charge is 2.15. The molecular weight excluding hydrogens is 450 g/mol. The molecule has 0 aromatic carbocycles. The fourth-order valence-electron chi connectivity index (χ4n) is 2.03. The number of hydrogen-bond acceptors (Lipinski definition) is 6. The molecule has 1 atom stereocenters. The van der Waals surface area contributed by atoms with Crippen LogP contribution in [0.4, 0.5) is 17.5 Å². The van der Waals surface area contributed by atoms with Crippen LogP contribution in [0, 0.1) is 0 Å². The molecule has 2 N–H and O–H groups in total. The highest BCUT2D eigenvalue weighted by molar-refractivity contribution is 14.2. The van der Waals surface area contributed by atoms with Crippen molar-refractivity contribution >= 4 is 68.6 Å². The van der Waals surface area contributed by atoms with Crippen LogP contribution >= 0.6 is 40.0 Å². The highest BCUT2D eigenvalue weighted by Crippen LogP contribution is 2.31. The Kier molecular flexibility index (Phi) is 4.88. The predicted octanol–water partition coefficient (Wildman–Crippen LogP) is 3.83. The van der Waals surface area contributed by atoms with Crippen LogP contribution in [0.1, 0.15) is 19.9 Å². The van der Waals surface area contributed by atoms with E-state index in [0.29, 0.717) is 29.0 Å². The van der Waals surface area contributed by atoms with Gasteiger partial charge in [-0.15, -0.1) is 0 Å². The van der Waals surface area contributed by atoms with E-state index >= 15 is 0 Å². The maximum atomic E-state index is 6.19. The molecule has 1 unspecified atom stereocenters. The van der Waals surface area contributed by atoms with Gasteiger partial charge in [0.15, 0.2) is 22.1 Å². The van der Waals surface area contributed by atoms with Crippen molar-refractivity contribution in [1.29, 1.82) is 0 Å². The monoisotopic (exact) mass is 464 g/mol. The van der Waals surface area contributed by atoms with E-state index < -0.39 is 0 Å². The third-order valence-electron chi connectivity index (χ3n) is 3.19. The maximum Gasteiger partial charge on any atom is 0.231 e. The van der Waals surface area contributed by atoms with Gasteiger partial charge in [0.05, 0.1) is 18.3 Å². The molecule has 0 radical (unpaired) electrons. The van der Waals surface area contributed by atoms with Gasteiger partial charge in [0.2, 0.25) is 5.95 Å². The van der Waals surface area contributed by atoms with E-state index in [4.69, 9.17) is 11.6 Å². The van der Waals surface area contributed by atoms with Crippen molar-refractivity contribution in [2.24, 2.45) is 0 Å². The summed E-state index contributed by atoms with van der Waals surface area (Å²) in [7, 11) is 1.81. The van der Waals surface area contributed by atoms with Gasteiger partial charge in [-0.25, -0.2) is 4.98 Å². The van der Waals surface area contributed by atoms with E-state index in [1.54, 1.807) is 18.1 Å². The first-order valence-electron chi connectivity index (χ1n) is 6.84. The molecule has 0 aliphatic heterocycles. The molecule has 0 saturated carbocycles. The van der Waals surface area contributed by atoms with Gasteiger partial charge >= 0.3 is 0 Å². The van der Waals surface area contributed by atoms with Gasteiger partial charge in [0.1, 0.15) is 6.33 Å². The topological polar surface area (TPSA) is 85.5 Å². The molecule has 23 heavy (non-hydrogen) atoms. The summed E-state index contributed by atoms with van der Waals surface area (Å²) in [5.41, 5.74) is 2.18. The minimum absolute atomic E-state index is 0.223. The van der Waals surface area contributed by atoms with Gasteiger partial charge in [0, 0.05) is 13.1 Å². The first-order chi connectivity index (χ1) is 11.0.